The quantitative estimate of drug-likeness (QED) is 0.861. The Kier molecular flexibility index (Phi) is 5.69. The van der Waals surface area contributed by atoms with Crippen LogP contribution in [0.15, 0.2) is 12.1 Å². The van der Waals surface area contributed by atoms with Crippen molar-refractivity contribution in [3.8, 4) is 0 Å². The Morgan fingerprint density at radius 2 is 1.89 bits per heavy atom. The van der Waals surface area contributed by atoms with Crippen LogP contribution in [0.3, 0.4) is 0 Å². The molecule has 9 heteroatoms. The van der Waals surface area contributed by atoms with Crippen molar-refractivity contribution in [3.63, 3.8) is 0 Å². The zero-order valence-corrected chi connectivity index (χ0v) is 14.8. The molecule has 27 heavy (non-hydrogen) atoms. The van der Waals surface area contributed by atoms with Gasteiger partial charge in [-0.1, -0.05) is 6.07 Å². The standard InChI is InChI=1S/C18H22F3N3O3/c19-18(20,21)11-23-6-3-12(4-7-23)9-16(25)24-8-5-13-1-2-14(17(26)27)22-15(13)10-24/h1-2,12H,3-11H2,(H,26,27). The SMILES string of the molecule is O=C(O)c1ccc2c(n1)CN(C(=O)CC1CCN(CC(F)(F)F)CC1)CC2. The fourth-order valence-electron chi connectivity index (χ4n) is 3.72. The predicted molar refractivity (Wildman–Crippen MR) is 90.2 cm³/mol. The second kappa shape index (κ2) is 7.84. The highest BCUT2D eigenvalue weighted by molar-refractivity contribution is 5.85. The van der Waals surface area contributed by atoms with E-state index in [0.29, 0.717) is 51.0 Å². The van der Waals surface area contributed by atoms with Crippen LogP contribution in [-0.4, -0.2) is 64.1 Å². The number of carboxylic acid groups (broad SMARTS) is 1. The van der Waals surface area contributed by atoms with Crippen molar-refractivity contribution < 1.29 is 27.9 Å². The van der Waals surface area contributed by atoms with Crippen molar-refractivity contribution in [2.24, 2.45) is 5.92 Å². The highest BCUT2D eigenvalue weighted by Gasteiger charge is 2.33. The van der Waals surface area contributed by atoms with Crippen LogP contribution in [0.4, 0.5) is 13.2 Å². The first-order valence-corrected chi connectivity index (χ1v) is 9.00. The van der Waals surface area contributed by atoms with E-state index in [2.05, 4.69) is 4.98 Å². The Morgan fingerprint density at radius 1 is 1.19 bits per heavy atom. The molecule has 0 unspecified atom stereocenters. The van der Waals surface area contributed by atoms with Gasteiger partial charge in [0, 0.05) is 13.0 Å². The molecule has 0 bridgehead atoms. The van der Waals surface area contributed by atoms with Crippen LogP contribution in [0, 0.1) is 5.92 Å². The third-order valence-electron chi connectivity index (χ3n) is 5.21. The lowest BCUT2D eigenvalue weighted by molar-refractivity contribution is -0.149. The molecule has 6 nitrogen and oxygen atoms in total. The summed E-state index contributed by atoms with van der Waals surface area (Å²) in [5.74, 6) is -1.06. The van der Waals surface area contributed by atoms with E-state index in [0.717, 1.165) is 5.56 Å². The lowest BCUT2D eigenvalue weighted by atomic mass is 9.92. The predicted octanol–water partition coefficient (Wildman–Crippen LogP) is 2.33. The van der Waals surface area contributed by atoms with Crippen molar-refractivity contribution in [2.45, 2.75) is 38.4 Å². The molecule has 1 aromatic heterocycles. The molecule has 0 aliphatic carbocycles. The molecule has 0 saturated carbocycles. The molecule has 1 N–H and O–H groups in total. The largest absolute Gasteiger partial charge is 0.477 e. The van der Waals surface area contributed by atoms with Crippen LogP contribution < -0.4 is 0 Å². The molecule has 148 valence electrons. The van der Waals surface area contributed by atoms with Crippen LogP contribution in [0.25, 0.3) is 0 Å². The smallest absolute Gasteiger partial charge is 0.401 e. The molecule has 2 aliphatic heterocycles. The molecule has 2 aliphatic rings. The Morgan fingerprint density at radius 3 is 2.52 bits per heavy atom. The summed E-state index contributed by atoms with van der Waals surface area (Å²) in [5.41, 5.74) is 1.51. The number of alkyl halides is 3. The van der Waals surface area contributed by atoms with Gasteiger partial charge in [-0.2, -0.15) is 13.2 Å². The number of carbonyl (C=O) groups is 2. The highest BCUT2D eigenvalue weighted by atomic mass is 19.4. The molecule has 0 atom stereocenters. The third-order valence-corrected chi connectivity index (χ3v) is 5.21. The minimum Gasteiger partial charge on any atom is -0.477 e. The number of aromatic nitrogens is 1. The van der Waals surface area contributed by atoms with Crippen molar-refractivity contribution in [2.75, 3.05) is 26.2 Å². The fraction of sp³-hybridized carbons (Fsp3) is 0.611. The molecule has 3 rings (SSSR count). The second-order valence-electron chi connectivity index (χ2n) is 7.21. The highest BCUT2D eigenvalue weighted by Crippen LogP contribution is 2.26. The van der Waals surface area contributed by atoms with Crippen LogP contribution in [0.1, 0.15) is 41.0 Å². The number of likely N-dealkylation sites (tertiary alicyclic amines) is 1. The summed E-state index contributed by atoms with van der Waals surface area (Å²) >= 11 is 0. The van der Waals surface area contributed by atoms with Gasteiger partial charge in [-0.05, 0) is 49.9 Å². The van der Waals surface area contributed by atoms with Gasteiger partial charge in [0.1, 0.15) is 5.69 Å². The van der Waals surface area contributed by atoms with Crippen LogP contribution in [0.2, 0.25) is 0 Å². The zero-order valence-electron chi connectivity index (χ0n) is 14.8. The molecule has 1 aromatic rings. The minimum absolute atomic E-state index is 0.0416. The molecular formula is C18H22F3N3O3. The Hall–Kier alpha value is -2.16. The van der Waals surface area contributed by atoms with E-state index in [9.17, 15) is 22.8 Å². The topological polar surface area (TPSA) is 73.7 Å². The van der Waals surface area contributed by atoms with E-state index in [1.165, 1.54) is 11.0 Å². The molecule has 3 heterocycles. The van der Waals surface area contributed by atoms with Crippen molar-refractivity contribution in [1.29, 1.82) is 0 Å². The summed E-state index contributed by atoms with van der Waals surface area (Å²) in [6.07, 6.45) is -2.10. The lowest BCUT2D eigenvalue weighted by Crippen LogP contribution is -2.42. The summed E-state index contributed by atoms with van der Waals surface area (Å²) in [6, 6.07) is 3.21. The average molecular weight is 385 g/mol. The number of halogens is 3. The van der Waals surface area contributed by atoms with Gasteiger partial charge < -0.3 is 10.0 Å². The molecule has 0 radical (unpaired) electrons. The molecule has 1 fully saturated rings. The Labute approximate surface area is 155 Å². The van der Waals surface area contributed by atoms with Crippen LogP contribution >= 0.6 is 0 Å². The molecule has 0 spiro atoms. The maximum atomic E-state index is 12.6. The lowest BCUT2D eigenvalue weighted by Gasteiger charge is -2.34. The number of aromatic carboxylic acids is 1. The second-order valence-corrected chi connectivity index (χ2v) is 7.21. The van der Waals surface area contributed by atoms with E-state index in [-0.39, 0.29) is 24.1 Å². The molecular weight excluding hydrogens is 363 g/mol. The first-order chi connectivity index (χ1) is 12.7. The maximum absolute atomic E-state index is 12.6. The van der Waals surface area contributed by atoms with Gasteiger partial charge in [-0.15, -0.1) is 0 Å². The number of fused-ring (bicyclic) bond motifs is 1. The van der Waals surface area contributed by atoms with Crippen molar-refractivity contribution >= 4 is 11.9 Å². The fourth-order valence-corrected chi connectivity index (χ4v) is 3.72. The van der Waals surface area contributed by atoms with Gasteiger partial charge in [0.2, 0.25) is 5.91 Å². The number of hydrogen-bond acceptors (Lipinski definition) is 4. The monoisotopic (exact) mass is 385 g/mol. The maximum Gasteiger partial charge on any atom is 0.401 e. The minimum atomic E-state index is -4.19. The average Bonchev–Trinajstić information content (AvgIpc) is 2.61. The van der Waals surface area contributed by atoms with Gasteiger partial charge in [0.25, 0.3) is 0 Å². The number of carbonyl (C=O) groups excluding carboxylic acids is 1. The van der Waals surface area contributed by atoms with Gasteiger partial charge in [-0.3, -0.25) is 9.69 Å². The third kappa shape index (κ3) is 5.18. The van der Waals surface area contributed by atoms with E-state index >= 15 is 0 Å². The molecule has 0 aromatic carbocycles. The van der Waals surface area contributed by atoms with E-state index < -0.39 is 18.7 Å². The number of hydrogen-bond donors (Lipinski definition) is 1. The number of pyridine rings is 1. The summed E-state index contributed by atoms with van der Waals surface area (Å²) < 4.78 is 37.3. The molecule has 1 amide bonds. The number of rotatable bonds is 4. The van der Waals surface area contributed by atoms with Crippen LogP contribution in [-0.2, 0) is 17.8 Å². The summed E-state index contributed by atoms with van der Waals surface area (Å²) in [6.45, 7) is 0.636. The van der Waals surface area contributed by atoms with Crippen LogP contribution in [0.5, 0.6) is 0 Å². The van der Waals surface area contributed by atoms with Gasteiger partial charge >= 0.3 is 12.1 Å². The van der Waals surface area contributed by atoms with E-state index in [1.54, 1.807) is 11.0 Å². The number of piperidine rings is 1. The first-order valence-electron chi connectivity index (χ1n) is 9.00. The van der Waals surface area contributed by atoms with Crippen molar-refractivity contribution in [1.82, 2.24) is 14.8 Å². The van der Waals surface area contributed by atoms with E-state index in [4.69, 9.17) is 5.11 Å². The number of nitrogens with zero attached hydrogens (tertiary/aromatic N) is 3. The van der Waals surface area contributed by atoms with Crippen molar-refractivity contribution in [3.05, 3.63) is 29.1 Å². The number of carboxylic acids is 1. The first kappa shape index (κ1) is 19.6. The van der Waals surface area contributed by atoms with Gasteiger partial charge in [0.05, 0.1) is 18.8 Å². The Balaban J connectivity index is 1.52. The zero-order chi connectivity index (χ0) is 19.6. The normalized spacial score (nSPS) is 19.0. The van der Waals surface area contributed by atoms with Gasteiger partial charge in [-0.25, -0.2) is 9.78 Å². The summed E-state index contributed by atoms with van der Waals surface area (Å²) in [7, 11) is 0. The summed E-state index contributed by atoms with van der Waals surface area (Å²) in [4.78, 5) is 30.8. The Bertz CT molecular complexity index is 716. The summed E-state index contributed by atoms with van der Waals surface area (Å²) in [5, 5.41) is 9.05. The number of amides is 1. The molecule has 1 saturated heterocycles. The van der Waals surface area contributed by atoms with Gasteiger partial charge in [0.15, 0.2) is 0 Å². The van der Waals surface area contributed by atoms with E-state index in [1.807, 2.05) is 0 Å².